The molecule has 2 unspecified atom stereocenters. The van der Waals surface area contributed by atoms with Gasteiger partial charge in [-0.2, -0.15) is 15.8 Å². The maximum atomic E-state index is 12.7. The van der Waals surface area contributed by atoms with E-state index in [2.05, 4.69) is 0 Å². The topological polar surface area (TPSA) is 173 Å². The van der Waals surface area contributed by atoms with Gasteiger partial charge in [0.2, 0.25) is 11.8 Å². The van der Waals surface area contributed by atoms with Crippen LogP contribution in [0.3, 0.4) is 0 Å². The summed E-state index contributed by atoms with van der Waals surface area (Å²) in [6.07, 6.45) is 0. The van der Waals surface area contributed by atoms with Crippen molar-refractivity contribution in [3.63, 3.8) is 0 Å². The Hall–Kier alpha value is -4.16. The number of allylic oxidation sites excluding steroid dienone is 2. The van der Waals surface area contributed by atoms with Crippen LogP contribution in [0.1, 0.15) is 11.5 Å². The maximum absolute atomic E-state index is 12.7. The summed E-state index contributed by atoms with van der Waals surface area (Å²) in [7, 11) is 0. The summed E-state index contributed by atoms with van der Waals surface area (Å²) in [6.45, 7) is 0. The van der Waals surface area contributed by atoms with E-state index in [0.29, 0.717) is 5.56 Å². The normalized spacial score (nSPS) is 25.1. The molecule has 4 amide bonds. The summed E-state index contributed by atoms with van der Waals surface area (Å²) in [5, 5.41) is 32.1. The predicted octanol–water partition coefficient (Wildman–Crippen LogP) is -0.0939. The van der Waals surface area contributed by atoms with E-state index >= 15 is 0 Å². The van der Waals surface area contributed by atoms with Crippen molar-refractivity contribution in [2.45, 2.75) is 5.92 Å². The molecule has 2 atom stereocenters. The number of nitrogens with two attached hydrogens (primary N) is 1. The molecule has 2 aliphatic rings. The lowest BCUT2D eigenvalue weighted by Gasteiger charge is -2.23. The number of barbiturate groups is 1. The monoisotopic (exact) mass is 346 g/mol. The smallest absolute Gasteiger partial charge is 0.328 e. The van der Waals surface area contributed by atoms with Crippen LogP contribution in [-0.4, -0.2) is 17.8 Å². The Morgan fingerprint density at radius 1 is 1.00 bits per heavy atom. The first kappa shape index (κ1) is 16.7. The number of carbonyl (C=O) groups is 3. The summed E-state index contributed by atoms with van der Waals surface area (Å²) >= 11 is 0. The van der Waals surface area contributed by atoms with Crippen LogP contribution in [0.5, 0.6) is 0 Å². The number of hydrogen-bond acceptors (Lipinski definition) is 7. The second kappa shape index (κ2) is 5.44. The van der Waals surface area contributed by atoms with Gasteiger partial charge in [0, 0.05) is 5.92 Å². The van der Waals surface area contributed by atoms with Crippen molar-refractivity contribution in [1.82, 2.24) is 10.6 Å². The van der Waals surface area contributed by atoms with Gasteiger partial charge in [-0.15, -0.1) is 0 Å². The quantitative estimate of drug-likeness (QED) is 0.495. The number of nitrogens with one attached hydrogen (secondary N) is 2. The predicted molar refractivity (Wildman–Crippen MR) is 83.8 cm³/mol. The van der Waals surface area contributed by atoms with Crippen molar-refractivity contribution < 1.29 is 14.4 Å². The number of amides is 4. The summed E-state index contributed by atoms with van der Waals surface area (Å²) in [5.74, 6) is -3.06. The highest BCUT2D eigenvalue weighted by Gasteiger charge is 2.88. The zero-order valence-electron chi connectivity index (χ0n) is 13.1. The third kappa shape index (κ3) is 1.73. The molecule has 1 aliphatic carbocycles. The van der Waals surface area contributed by atoms with E-state index in [1.165, 1.54) is 0 Å². The molecular formula is C17H10N6O3. The fraction of sp³-hybridized carbons (Fsp3) is 0.176. The maximum Gasteiger partial charge on any atom is 0.328 e. The molecule has 1 heterocycles. The average molecular weight is 346 g/mol. The van der Waals surface area contributed by atoms with Crippen molar-refractivity contribution in [2.24, 2.45) is 16.6 Å². The number of urea groups is 1. The van der Waals surface area contributed by atoms with Crippen LogP contribution >= 0.6 is 0 Å². The van der Waals surface area contributed by atoms with Gasteiger partial charge in [-0.05, 0) is 5.56 Å². The van der Waals surface area contributed by atoms with Crippen molar-refractivity contribution >= 4 is 17.8 Å². The van der Waals surface area contributed by atoms with Crippen molar-refractivity contribution in [3.05, 3.63) is 47.2 Å². The second-order valence-electron chi connectivity index (χ2n) is 5.82. The van der Waals surface area contributed by atoms with Crippen LogP contribution in [-0.2, 0) is 9.59 Å². The molecule has 9 nitrogen and oxygen atoms in total. The first-order chi connectivity index (χ1) is 12.4. The summed E-state index contributed by atoms with van der Waals surface area (Å²) in [4.78, 5) is 36.8. The minimum atomic E-state index is -2.06. The Kier molecular flexibility index (Phi) is 3.49. The van der Waals surface area contributed by atoms with Gasteiger partial charge in [-0.25, -0.2) is 4.79 Å². The van der Waals surface area contributed by atoms with Crippen LogP contribution in [0.2, 0.25) is 0 Å². The summed E-state index contributed by atoms with van der Waals surface area (Å²) in [5.41, 5.74) is 1.32. The largest absolute Gasteiger partial charge is 0.399 e. The van der Waals surface area contributed by atoms with Gasteiger partial charge in [0.15, 0.2) is 5.41 Å². The lowest BCUT2D eigenvalue weighted by Crippen LogP contribution is -2.59. The van der Waals surface area contributed by atoms with Crippen molar-refractivity contribution in [3.8, 4) is 18.2 Å². The third-order valence-corrected chi connectivity index (χ3v) is 4.80. The minimum absolute atomic E-state index is 0.437. The van der Waals surface area contributed by atoms with E-state index < -0.39 is 45.9 Å². The van der Waals surface area contributed by atoms with Crippen LogP contribution in [0.25, 0.3) is 0 Å². The molecule has 1 spiro atoms. The van der Waals surface area contributed by atoms with E-state index in [0.717, 1.165) is 0 Å². The number of hydrogen-bond donors (Lipinski definition) is 3. The van der Waals surface area contributed by atoms with Gasteiger partial charge in [-0.1, -0.05) is 30.3 Å². The molecule has 2 fully saturated rings. The van der Waals surface area contributed by atoms with Crippen LogP contribution in [0, 0.1) is 44.8 Å². The zero-order valence-corrected chi connectivity index (χ0v) is 13.1. The molecule has 26 heavy (non-hydrogen) atoms. The number of rotatable bonds is 2. The van der Waals surface area contributed by atoms with Crippen molar-refractivity contribution in [1.29, 1.82) is 15.8 Å². The van der Waals surface area contributed by atoms with Gasteiger partial charge in [0.1, 0.15) is 23.1 Å². The molecule has 0 aromatic heterocycles. The summed E-state index contributed by atoms with van der Waals surface area (Å²) in [6, 6.07) is 12.2. The Bertz CT molecular complexity index is 972. The molecule has 1 aromatic carbocycles. The van der Waals surface area contributed by atoms with Gasteiger partial charge in [0.05, 0.1) is 11.8 Å². The van der Waals surface area contributed by atoms with E-state index in [4.69, 9.17) is 16.3 Å². The summed E-state index contributed by atoms with van der Waals surface area (Å²) < 4.78 is 0. The molecule has 1 aliphatic heterocycles. The molecule has 0 radical (unpaired) electrons. The van der Waals surface area contributed by atoms with E-state index in [1.54, 1.807) is 42.5 Å². The van der Waals surface area contributed by atoms with Gasteiger partial charge < -0.3 is 5.73 Å². The molecule has 4 N–H and O–H groups in total. The molecule has 0 bridgehead atoms. The van der Waals surface area contributed by atoms with Crippen LogP contribution in [0.4, 0.5) is 4.79 Å². The number of nitriles is 3. The molecule has 3 rings (SSSR count). The Balaban J connectivity index is 2.34. The number of imide groups is 2. The van der Waals surface area contributed by atoms with E-state index in [1.807, 2.05) is 16.7 Å². The van der Waals surface area contributed by atoms with Gasteiger partial charge in [-0.3, -0.25) is 20.2 Å². The molecule has 1 saturated carbocycles. The first-order valence-electron chi connectivity index (χ1n) is 7.35. The standard InChI is InChI=1S/C17H10N6O3/c18-6-10(7-19)12(21)16(8-20)11(9-4-2-1-3-5-9)17(16)13(24)22-15(26)23-14(17)25/h1-5,11H,21H2,(H2,22,23,24,25,26). The minimum Gasteiger partial charge on any atom is -0.399 e. The molecule has 1 aromatic rings. The molecule has 9 heteroatoms. The highest BCUT2D eigenvalue weighted by atomic mass is 16.2. The highest BCUT2D eigenvalue weighted by molar-refractivity contribution is 6.24. The number of benzene rings is 1. The molecule has 1 saturated heterocycles. The highest BCUT2D eigenvalue weighted by Crippen LogP contribution is 2.77. The third-order valence-electron chi connectivity index (χ3n) is 4.80. The Labute approximate surface area is 147 Å². The lowest BCUT2D eigenvalue weighted by molar-refractivity contribution is -0.139. The van der Waals surface area contributed by atoms with Gasteiger partial charge in [0.25, 0.3) is 0 Å². The molecule has 126 valence electrons. The number of carbonyl (C=O) groups excluding carboxylic acids is 3. The Morgan fingerprint density at radius 3 is 2.00 bits per heavy atom. The number of nitrogens with zero attached hydrogens (tertiary/aromatic N) is 3. The zero-order chi connectivity index (χ0) is 19.1. The van der Waals surface area contributed by atoms with Crippen LogP contribution < -0.4 is 16.4 Å². The fourth-order valence-corrected chi connectivity index (χ4v) is 3.70. The van der Waals surface area contributed by atoms with Crippen LogP contribution in [0.15, 0.2) is 41.6 Å². The lowest BCUT2D eigenvalue weighted by atomic mass is 9.86. The Morgan fingerprint density at radius 2 is 1.54 bits per heavy atom. The SMILES string of the molecule is N#CC(C#N)=C(N)C1(C#N)C(c2ccccc2)C12C(=O)NC(=O)NC2=O. The second-order valence-corrected chi connectivity index (χ2v) is 5.82. The average Bonchev–Trinajstić information content (AvgIpc) is 3.27. The van der Waals surface area contributed by atoms with Crippen molar-refractivity contribution in [2.75, 3.05) is 0 Å². The van der Waals surface area contributed by atoms with E-state index in [9.17, 15) is 19.6 Å². The molecular weight excluding hydrogens is 336 g/mol. The first-order valence-corrected chi connectivity index (χ1v) is 7.35. The van der Waals surface area contributed by atoms with Gasteiger partial charge >= 0.3 is 6.03 Å². The fourth-order valence-electron chi connectivity index (χ4n) is 3.70. The van der Waals surface area contributed by atoms with E-state index in [-0.39, 0.29) is 0 Å².